The van der Waals surface area contributed by atoms with Crippen molar-refractivity contribution < 1.29 is 8.42 Å². The van der Waals surface area contributed by atoms with E-state index in [0.29, 0.717) is 35.0 Å². The van der Waals surface area contributed by atoms with Crippen molar-refractivity contribution in [2.24, 2.45) is 5.92 Å². The van der Waals surface area contributed by atoms with Gasteiger partial charge in [-0.3, -0.25) is 0 Å². The summed E-state index contributed by atoms with van der Waals surface area (Å²) in [5, 5.41) is 8.91. The molecule has 0 unspecified atom stereocenters. The Hall–Kier alpha value is -1.38. The maximum absolute atomic E-state index is 12.6. The van der Waals surface area contributed by atoms with Crippen LogP contribution >= 0.6 is 0 Å². The van der Waals surface area contributed by atoms with Crippen LogP contribution in [0.5, 0.6) is 0 Å². The van der Waals surface area contributed by atoms with Gasteiger partial charge in [-0.05, 0) is 49.4 Å². The molecule has 1 aromatic carbocycles. The summed E-state index contributed by atoms with van der Waals surface area (Å²) in [6, 6.07) is 6.77. The van der Waals surface area contributed by atoms with Crippen LogP contribution in [0.15, 0.2) is 23.1 Å². The number of hydrogen-bond donors (Lipinski definition) is 0. The van der Waals surface area contributed by atoms with E-state index in [1.807, 2.05) is 0 Å². The van der Waals surface area contributed by atoms with Gasteiger partial charge in [0.15, 0.2) is 0 Å². The largest absolute Gasteiger partial charge is 0.243 e. The predicted octanol–water partition coefficient (Wildman–Crippen LogP) is 2.68. The van der Waals surface area contributed by atoms with Crippen molar-refractivity contribution in [1.29, 1.82) is 5.26 Å². The lowest BCUT2D eigenvalue weighted by atomic mass is 9.96. The summed E-state index contributed by atoms with van der Waals surface area (Å²) >= 11 is 0. The lowest BCUT2D eigenvalue weighted by Gasteiger charge is -2.30. The highest BCUT2D eigenvalue weighted by Crippen LogP contribution is 2.26. The van der Waals surface area contributed by atoms with Crippen LogP contribution in [0.4, 0.5) is 0 Å². The first-order valence-corrected chi connectivity index (χ1v) is 8.44. The van der Waals surface area contributed by atoms with Crippen LogP contribution in [0.1, 0.15) is 37.3 Å². The molecular formula is C15H20N2O2S. The molecule has 5 heteroatoms. The van der Waals surface area contributed by atoms with Gasteiger partial charge in [0, 0.05) is 13.1 Å². The van der Waals surface area contributed by atoms with Gasteiger partial charge in [0.2, 0.25) is 10.0 Å². The van der Waals surface area contributed by atoms with Crippen LogP contribution in [0.2, 0.25) is 0 Å². The van der Waals surface area contributed by atoms with Crippen molar-refractivity contribution in [3.8, 4) is 6.07 Å². The highest BCUT2D eigenvalue weighted by Gasteiger charge is 2.28. The molecule has 1 aromatic rings. The van der Waals surface area contributed by atoms with Crippen molar-refractivity contribution in [1.82, 2.24) is 4.31 Å². The Labute approximate surface area is 121 Å². The second-order valence-corrected chi connectivity index (χ2v) is 7.28. The minimum atomic E-state index is -3.42. The number of aryl methyl sites for hydroxylation is 1. The zero-order valence-electron chi connectivity index (χ0n) is 12.0. The molecule has 0 radical (unpaired) electrons. The first kappa shape index (κ1) is 15.0. The molecule has 2 rings (SSSR count). The van der Waals surface area contributed by atoms with Crippen LogP contribution in [-0.2, 0) is 10.0 Å². The second-order valence-electron chi connectivity index (χ2n) is 5.34. The van der Waals surface area contributed by atoms with E-state index in [9.17, 15) is 8.42 Å². The molecule has 1 aliphatic heterocycles. The van der Waals surface area contributed by atoms with Crippen molar-refractivity contribution in [3.63, 3.8) is 0 Å². The first-order chi connectivity index (χ1) is 9.48. The monoisotopic (exact) mass is 292 g/mol. The molecule has 0 bridgehead atoms. The fourth-order valence-electron chi connectivity index (χ4n) is 2.63. The average molecular weight is 292 g/mol. The molecule has 0 atom stereocenters. The van der Waals surface area contributed by atoms with Gasteiger partial charge in [0.1, 0.15) is 0 Å². The Bertz CT molecular complexity index is 624. The molecule has 4 nitrogen and oxygen atoms in total. The average Bonchev–Trinajstić information content (AvgIpc) is 2.47. The number of rotatable bonds is 3. The smallest absolute Gasteiger partial charge is 0.207 e. The second kappa shape index (κ2) is 5.94. The van der Waals surface area contributed by atoms with E-state index in [1.165, 1.54) is 6.07 Å². The fraction of sp³-hybridized carbons (Fsp3) is 0.533. The van der Waals surface area contributed by atoms with Crippen molar-refractivity contribution in [3.05, 3.63) is 29.3 Å². The summed E-state index contributed by atoms with van der Waals surface area (Å²) in [5.74, 6) is 0.643. The van der Waals surface area contributed by atoms with Gasteiger partial charge >= 0.3 is 0 Å². The SMILES string of the molecule is CCC1CCN(S(=O)(=O)c2ccc(C#N)c(C)c2)CC1. The lowest BCUT2D eigenvalue weighted by molar-refractivity contribution is 0.269. The van der Waals surface area contributed by atoms with Crippen LogP contribution < -0.4 is 0 Å². The molecule has 0 saturated carbocycles. The molecule has 0 aromatic heterocycles. The zero-order chi connectivity index (χ0) is 14.8. The van der Waals surface area contributed by atoms with Crippen LogP contribution in [0.25, 0.3) is 0 Å². The van der Waals surface area contributed by atoms with Crippen LogP contribution in [0, 0.1) is 24.2 Å². The van der Waals surface area contributed by atoms with Crippen molar-refractivity contribution >= 4 is 10.0 Å². The minimum absolute atomic E-state index is 0.295. The molecule has 1 aliphatic rings. The quantitative estimate of drug-likeness (QED) is 0.860. The third kappa shape index (κ3) is 2.87. The standard InChI is InChI=1S/C15H20N2O2S/c1-3-13-6-8-17(9-7-13)20(18,19)15-5-4-14(11-16)12(2)10-15/h4-5,10,13H,3,6-9H2,1-2H3. The molecule has 0 spiro atoms. The molecule has 0 N–H and O–H groups in total. The summed E-state index contributed by atoms with van der Waals surface area (Å²) < 4.78 is 26.7. The van der Waals surface area contributed by atoms with Gasteiger partial charge in [-0.15, -0.1) is 0 Å². The van der Waals surface area contributed by atoms with Gasteiger partial charge in [-0.2, -0.15) is 9.57 Å². The maximum Gasteiger partial charge on any atom is 0.243 e. The number of piperidine rings is 1. The summed E-state index contributed by atoms with van der Waals surface area (Å²) in [4.78, 5) is 0.295. The number of sulfonamides is 1. The number of nitriles is 1. The molecule has 1 saturated heterocycles. The van der Waals surface area contributed by atoms with E-state index in [0.717, 1.165) is 19.3 Å². The van der Waals surface area contributed by atoms with Crippen molar-refractivity contribution in [2.75, 3.05) is 13.1 Å². The Morgan fingerprint density at radius 3 is 2.50 bits per heavy atom. The van der Waals surface area contributed by atoms with Crippen LogP contribution in [-0.4, -0.2) is 25.8 Å². The molecular weight excluding hydrogens is 272 g/mol. The van der Waals surface area contributed by atoms with Crippen molar-refractivity contribution in [2.45, 2.75) is 38.0 Å². The van der Waals surface area contributed by atoms with E-state index in [-0.39, 0.29) is 0 Å². The van der Waals surface area contributed by atoms with Gasteiger partial charge in [0.05, 0.1) is 16.5 Å². The fourth-order valence-corrected chi connectivity index (χ4v) is 4.18. The first-order valence-electron chi connectivity index (χ1n) is 7.00. The van der Waals surface area contributed by atoms with Gasteiger partial charge in [0.25, 0.3) is 0 Å². The lowest BCUT2D eigenvalue weighted by Crippen LogP contribution is -2.38. The molecule has 108 valence electrons. The van der Waals surface area contributed by atoms with Gasteiger partial charge < -0.3 is 0 Å². The Kier molecular flexibility index (Phi) is 4.46. The molecule has 1 heterocycles. The molecule has 20 heavy (non-hydrogen) atoms. The van der Waals surface area contributed by atoms with E-state index in [2.05, 4.69) is 13.0 Å². The summed E-state index contributed by atoms with van der Waals surface area (Å²) in [6.07, 6.45) is 2.99. The summed E-state index contributed by atoms with van der Waals surface area (Å²) in [7, 11) is -3.42. The maximum atomic E-state index is 12.6. The number of hydrogen-bond acceptors (Lipinski definition) is 3. The Balaban J connectivity index is 2.23. The van der Waals surface area contributed by atoms with Gasteiger partial charge in [-0.25, -0.2) is 8.42 Å². The van der Waals surface area contributed by atoms with Gasteiger partial charge in [-0.1, -0.05) is 13.3 Å². The van der Waals surface area contributed by atoms with E-state index >= 15 is 0 Å². The molecule has 1 fully saturated rings. The highest BCUT2D eigenvalue weighted by atomic mass is 32.2. The Morgan fingerprint density at radius 1 is 1.35 bits per heavy atom. The predicted molar refractivity (Wildman–Crippen MR) is 77.7 cm³/mol. The zero-order valence-corrected chi connectivity index (χ0v) is 12.8. The molecule has 0 amide bonds. The minimum Gasteiger partial charge on any atom is -0.207 e. The van der Waals surface area contributed by atoms with E-state index in [4.69, 9.17) is 5.26 Å². The third-order valence-electron chi connectivity index (χ3n) is 4.11. The molecule has 0 aliphatic carbocycles. The summed E-state index contributed by atoms with van der Waals surface area (Å²) in [5.41, 5.74) is 1.23. The van der Waals surface area contributed by atoms with E-state index < -0.39 is 10.0 Å². The normalized spacial score (nSPS) is 17.9. The highest BCUT2D eigenvalue weighted by molar-refractivity contribution is 7.89. The number of nitrogens with zero attached hydrogens (tertiary/aromatic N) is 2. The topological polar surface area (TPSA) is 61.2 Å². The van der Waals surface area contributed by atoms with Crippen LogP contribution in [0.3, 0.4) is 0 Å². The summed E-state index contributed by atoms with van der Waals surface area (Å²) in [6.45, 7) is 5.11. The Morgan fingerprint density at radius 2 is 2.00 bits per heavy atom. The number of benzene rings is 1. The van der Waals surface area contributed by atoms with E-state index in [1.54, 1.807) is 23.4 Å². The third-order valence-corrected chi connectivity index (χ3v) is 6.00.